The van der Waals surface area contributed by atoms with Crippen LogP contribution in [0.1, 0.15) is 16.7 Å². The summed E-state index contributed by atoms with van der Waals surface area (Å²) in [6.07, 6.45) is 12.1. The summed E-state index contributed by atoms with van der Waals surface area (Å²) in [4.78, 5) is 33.7. The number of nitrogens with two attached hydrogens (primary N) is 1. The van der Waals surface area contributed by atoms with Crippen LogP contribution in [0.15, 0.2) is 110 Å². The maximum Gasteiger partial charge on any atom is 0.283 e. The number of nitrogens with zero attached hydrogens (tertiary/aromatic N) is 14. The van der Waals surface area contributed by atoms with Crippen LogP contribution in [0.25, 0.3) is 37.9 Å². The number of anilines is 6. The number of pyridine rings is 3. The first-order chi connectivity index (χ1) is 35.0. The third-order valence-electron chi connectivity index (χ3n) is 11.8. The fraction of sp³-hybridized carbons (Fsp3) is 0.245. The molecular weight excluding hydrogens is 998 g/mol. The maximum absolute atomic E-state index is 14.7. The fourth-order valence-electron chi connectivity index (χ4n) is 7.55. The molecule has 0 unspecified atom stereocenters. The molecule has 20 nitrogen and oxygen atoms in total. The Morgan fingerprint density at radius 3 is 1.30 bits per heavy atom. The molecule has 0 saturated heterocycles. The molecule has 0 radical (unpaired) electrons. The molecule has 0 aliphatic carbocycles. The number of sulfonamides is 2. The van der Waals surface area contributed by atoms with Crippen molar-refractivity contribution in [2.75, 3.05) is 55.0 Å². The number of hydrogen-bond donors (Lipinski definition) is 2. The summed E-state index contributed by atoms with van der Waals surface area (Å²) in [5, 5.41) is 0. The van der Waals surface area contributed by atoms with Gasteiger partial charge in [-0.1, -0.05) is 18.2 Å². The second-order valence-electron chi connectivity index (χ2n) is 17.2. The van der Waals surface area contributed by atoms with Crippen LogP contribution in [0.2, 0.25) is 0 Å². The first-order valence-electron chi connectivity index (χ1n) is 22.4. The summed E-state index contributed by atoms with van der Waals surface area (Å²) in [5.41, 5.74) is 13.4. The number of hydrogen-bond acceptors (Lipinski definition) is 14. The Labute approximate surface area is 426 Å². The second-order valence-corrected chi connectivity index (χ2v) is 21.0. The van der Waals surface area contributed by atoms with Crippen molar-refractivity contribution < 1.29 is 30.0 Å². The van der Waals surface area contributed by atoms with Crippen molar-refractivity contribution in [2.24, 2.45) is 26.9 Å². The molecule has 0 amide bonds. The number of imidazole rings is 3. The average Bonchev–Trinajstić information content (AvgIpc) is 4.06. The Hall–Kier alpha value is -8.02. The number of fused-ring (bicyclic) bond motifs is 3. The maximum atomic E-state index is 14.7. The molecule has 3 aromatic carbocycles. The van der Waals surface area contributed by atoms with Crippen LogP contribution >= 0.6 is 0 Å². The van der Waals surface area contributed by atoms with Gasteiger partial charge < -0.3 is 34.1 Å². The fourth-order valence-corrected chi connectivity index (χ4v) is 8.63. The quantitative estimate of drug-likeness (QED) is 0.108. The smallest absolute Gasteiger partial charge is 0.283 e. The Morgan fingerprint density at radius 1 is 0.581 bits per heavy atom. The minimum absolute atomic E-state index is 0.0407. The largest absolute Gasteiger partial charge is 0.334 e. The summed E-state index contributed by atoms with van der Waals surface area (Å²) in [7, 11) is 3.97. The molecule has 0 fully saturated rings. The number of nitrogens with one attached hydrogen (secondary N) is 1. The molecule has 9 rings (SSSR count). The summed E-state index contributed by atoms with van der Waals surface area (Å²) >= 11 is 0. The lowest BCUT2D eigenvalue weighted by molar-refractivity contribution is 0.440. The lowest BCUT2D eigenvalue weighted by Gasteiger charge is -2.20. The van der Waals surface area contributed by atoms with Crippen LogP contribution in [-0.4, -0.2) is 105 Å². The Balaban J connectivity index is 0.000000164. The third kappa shape index (κ3) is 12.6. The Kier molecular flexibility index (Phi) is 16.3. The zero-order chi connectivity index (χ0) is 53.6. The average molecular weight is 1050 g/mol. The molecule has 6 aromatic heterocycles. The molecule has 0 bridgehead atoms. The van der Waals surface area contributed by atoms with Crippen molar-refractivity contribution in [1.29, 1.82) is 0 Å². The van der Waals surface area contributed by atoms with Gasteiger partial charge in [0.1, 0.15) is 51.5 Å². The lowest BCUT2D eigenvalue weighted by atomic mass is 10.2. The van der Waals surface area contributed by atoms with E-state index < -0.39 is 31.7 Å². The van der Waals surface area contributed by atoms with E-state index in [2.05, 4.69) is 39.5 Å². The minimum atomic E-state index is -3.56. The van der Waals surface area contributed by atoms with Crippen molar-refractivity contribution >= 4 is 87.7 Å². The molecule has 74 heavy (non-hydrogen) atoms. The van der Waals surface area contributed by atoms with E-state index in [0.717, 1.165) is 55.5 Å². The van der Waals surface area contributed by atoms with E-state index in [1.165, 1.54) is 18.2 Å². The first kappa shape index (κ1) is 53.8. The number of aryl methyl sites for hydroxylation is 3. The molecule has 0 atom stereocenters. The highest BCUT2D eigenvalue weighted by molar-refractivity contribution is 7.88. The SMILES string of the molecule is CN(c1cc2c(cn1)ncn2C)c1ccc(CN)cc1F.CN(c1cc2c(cn1)ncn2C)c1ccc(CNS(C)(=O)=O)cc1F.[C-]#[N+]CN(Cc1ccc(N(C)c2cc3c(cn2)ncn3C)c(F)c1)S(C)(=O)=O. The monoisotopic (exact) mass is 1050 g/mol. The number of halogens is 3. The molecule has 0 aliphatic heterocycles. The van der Waals surface area contributed by atoms with Crippen LogP contribution < -0.4 is 25.2 Å². The van der Waals surface area contributed by atoms with E-state index in [-0.39, 0.29) is 25.6 Å². The van der Waals surface area contributed by atoms with Crippen molar-refractivity contribution in [3.8, 4) is 0 Å². The minimum Gasteiger partial charge on any atom is -0.334 e. The van der Waals surface area contributed by atoms with Gasteiger partial charge in [0, 0.05) is 80.1 Å². The number of rotatable bonds is 14. The molecule has 0 aliphatic rings. The molecule has 9 aromatic rings. The van der Waals surface area contributed by atoms with Crippen molar-refractivity contribution in [3.05, 3.63) is 156 Å². The predicted octanol–water partition coefficient (Wildman–Crippen LogP) is 6.77. The Morgan fingerprint density at radius 2 is 0.946 bits per heavy atom. The van der Waals surface area contributed by atoms with Gasteiger partial charge in [0.2, 0.25) is 20.0 Å². The second kappa shape index (κ2) is 22.4. The van der Waals surface area contributed by atoms with Gasteiger partial charge in [0.05, 0.1) is 83.7 Å². The van der Waals surface area contributed by atoms with Gasteiger partial charge in [-0.15, -0.1) is 4.31 Å². The third-order valence-corrected chi connectivity index (χ3v) is 13.6. The van der Waals surface area contributed by atoms with E-state index in [9.17, 15) is 30.0 Å². The van der Waals surface area contributed by atoms with Crippen LogP contribution in [-0.2, 0) is 60.8 Å². The van der Waals surface area contributed by atoms with Crippen molar-refractivity contribution in [1.82, 2.24) is 52.6 Å². The molecule has 0 spiro atoms. The molecule has 6 heterocycles. The molecular formula is C49H53F3N16O4S2. The van der Waals surface area contributed by atoms with Crippen molar-refractivity contribution in [2.45, 2.75) is 19.6 Å². The van der Waals surface area contributed by atoms with Gasteiger partial charge in [-0.05, 0) is 53.1 Å². The summed E-state index contributed by atoms with van der Waals surface area (Å²) in [6.45, 7) is 6.88. The molecule has 386 valence electrons. The van der Waals surface area contributed by atoms with Crippen LogP contribution in [0.3, 0.4) is 0 Å². The molecule has 25 heteroatoms. The van der Waals surface area contributed by atoms with E-state index in [1.807, 2.05) is 59.1 Å². The topological polar surface area (TPSA) is 216 Å². The van der Waals surface area contributed by atoms with Gasteiger partial charge in [-0.3, -0.25) is 4.85 Å². The molecule has 0 saturated carbocycles. The van der Waals surface area contributed by atoms with Gasteiger partial charge in [-0.25, -0.2) is 71.2 Å². The van der Waals surface area contributed by atoms with Crippen LogP contribution in [0.5, 0.6) is 0 Å². The number of aromatic nitrogens is 9. The van der Waals surface area contributed by atoms with Crippen LogP contribution in [0, 0.1) is 24.0 Å². The highest BCUT2D eigenvalue weighted by atomic mass is 32.2. The normalized spacial score (nSPS) is 11.6. The van der Waals surface area contributed by atoms with Gasteiger partial charge in [0.15, 0.2) is 0 Å². The van der Waals surface area contributed by atoms with Crippen molar-refractivity contribution in [3.63, 3.8) is 0 Å². The number of benzene rings is 3. The van der Waals surface area contributed by atoms with Gasteiger partial charge in [0.25, 0.3) is 6.67 Å². The van der Waals surface area contributed by atoms with E-state index >= 15 is 0 Å². The highest BCUT2D eigenvalue weighted by Gasteiger charge is 2.21. The van der Waals surface area contributed by atoms with E-state index in [1.54, 1.807) is 104 Å². The summed E-state index contributed by atoms with van der Waals surface area (Å²) < 4.78 is 98.1. The molecule has 3 N–H and O–H groups in total. The zero-order valence-corrected chi connectivity index (χ0v) is 43.3. The summed E-state index contributed by atoms with van der Waals surface area (Å²) in [5.74, 6) is 0.508. The summed E-state index contributed by atoms with van der Waals surface area (Å²) in [6, 6.07) is 19.6. The van der Waals surface area contributed by atoms with E-state index in [4.69, 9.17) is 12.3 Å². The van der Waals surface area contributed by atoms with Crippen LogP contribution in [0.4, 0.5) is 47.7 Å². The van der Waals surface area contributed by atoms with Gasteiger partial charge in [-0.2, -0.15) is 0 Å². The zero-order valence-electron chi connectivity index (χ0n) is 41.6. The predicted molar refractivity (Wildman–Crippen MR) is 280 cm³/mol. The Bertz CT molecular complexity index is 3770. The lowest BCUT2D eigenvalue weighted by Crippen LogP contribution is -2.29. The standard InChI is InChI=1S/C18H19FN6O2S.C16H18FN5O2S.C15H16FN5/c1-20-11-25(28(4,26)27)10-13-5-6-16(14(19)7-13)24(3)18-8-17-15(9-21-18)22-12-23(17)2;1-21-10-19-13-9-18-16(7-15(13)21)22(2)14-5-4-11(6-12(14)17)8-20-25(3,23)24;1-20-9-19-12-8-18-15(6-14(12)20)21(2)13-4-3-10(7-17)5-11(13)16/h5-9,12H,10-11H2,2-4H3;4-7,9-10,20H,8H2,1-3H3;3-6,8-9H,7,17H2,1-2H3. The highest BCUT2D eigenvalue weighted by Crippen LogP contribution is 2.31. The first-order valence-corrected chi connectivity index (χ1v) is 26.1. The van der Waals surface area contributed by atoms with Gasteiger partial charge >= 0.3 is 0 Å². The van der Waals surface area contributed by atoms with E-state index in [0.29, 0.717) is 52.2 Å².